The summed E-state index contributed by atoms with van der Waals surface area (Å²) in [5, 5.41) is 6.49. The van der Waals surface area contributed by atoms with Gasteiger partial charge >= 0.3 is 0 Å². The first-order valence-electron chi connectivity index (χ1n) is 7.97. The molecule has 0 saturated carbocycles. The molecule has 0 aliphatic heterocycles. The van der Waals surface area contributed by atoms with Crippen molar-refractivity contribution in [3.05, 3.63) is 28.8 Å². The quantitative estimate of drug-likeness (QED) is 0.780. The maximum atomic E-state index is 12.5. The Labute approximate surface area is 141 Å². The van der Waals surface area contributed by atoms with Crippen molar-refractivity contribution in [1.29, 1.82) is 0 Å². The molecule has 0 heterocycles. The molecule has 1 aromatic carbocycles. The van der Waals surface area contributed by atoms with Crippen LogP contribution in [0.1, 0.15) is 50.3 Å². The molecule has 0 saturated heterocycles. The summed E-state index contributed by atoms with van der Waals surface area (Å²) in [5.41, 5.74) is 4.43. The first-order chi connectivity index (χ1) is 9.85. The summed E-state index contributed by atoms with van der Waals surface area (Å²) in [6.07, 6.45) is 1.86. The smallest absolute Gasteiger partial charge is 0.241 e. The summed E-state index contributed by atoms with van der Waals surface area (Å²) in [7, 11) is 0. The highest BCUT2D eigenvalue weighted by Crippen LogP contribution is 2.22. The van der Waals surface area contributed by atoms with Gasteiger partial charge in [0.1, 0.15) is 0 Å². The zero-order valence-electron chi connectivity index (χ0n) is 14.7. The molecule has 1 atom stereocenters. The average Bonchev–Trinajstić information content (AvgIpc) is 2.38. The Bertz CT molecular complexity index is 463. The van der Waals surface area contributed by atoms with E-state index in [0.29, 0.717) is 5.92 Å². The Morgan fingerprint density at radius 1 is 1.14 bits per heavy atom. The van der Waals surface area contributed by atoms with E-state index < -0.39 is 0 Å². The van der Waals surface area contributed by atoms with Gasteiger partial charge in [0.2, 0.25) is 5.91 Å². The van der Waals surface area contributed by atoms with E-state index in [0.717, 1.165) is 36.2 Å². The number of hydrogen-bond acceptors (Lipinski definition) is 2. The van der Waals surface area contributed by atoms with Gasteiger partial charge in [-0.25, -0.2) is 0 Å². The molecular formula is C18H31ClN2O. The molecule has 0 aromatic heterocycles. The third-order valence-corrected chi connectivity index (χ3v) is 3.59. The number of carbonyl (C=O) groups excluding carboxylic acids is 1. The summed E-state index contributed by atoms with van der Waals surface area (Å²) in [4.78, 5) is 12.5. The first-order valence-corrected chi connectivity index (χ1v) is 7.97. The molecule has 22 heavy (non-hydrogen) atoms. The highest BCUT2D eigenvalue weighted by Gasteiger charge is 2.18. The third kappa shape index (κ3) is 6.37. The first kappa shape index (κ1) is 20.9. The molecule has 0 aliphatic rings. The molecule has 0 radical (unpaired) electrons. The normalized spacial score (nSPS) is 12.0. The van der Waals surface area contributed by atoms with Gasteiger partial charge in [0.25, 0.3) is 0 Å². The highest BCUT2D eigenvalue weighted by molar-refractivity contribution is 5.96. The lowest BCUT2D eigenvalue weighted by molar-refractivity contribution is -0.118. The second-order valence-electron chi connectivity index (χ2n) is 6.41. The Kier molecular flexibility index (Phi) is 9.38. The predicted molar refractivity (Wildman–Crippen MR) is 98.1 cm³/mol. The van der Waals surface area contributed by atoms with E-state index in [9.17, 15) is 4.79 Å². The molecule has 1 rings (SSSR count). The minimum absolute atomic E-state index is 0. The Balaban J connectivity index is 0.00000441. The summed E-state index contributed by atoms with van der Waals surface area (Å²) >= 11 is 0. The van der Waals surface area contributed by atoms with Crippen LogP contribution >= 0.6 is 12.4 Å². The number of benzene rings is 1. The lowest BCUT2D eigenvalue weighted by Gasteiger charge is -2.21. The number of anilines is 1. The van der Waals surface area contributed by atoms with Crippen LogP contribution in [0.4, 0.5) is 5.69 Å². The van der Waals surface area contributed by atoms with Gasteiger partial charge in [-0.2, -0.15) is 0 Å². The minimum Gasteiger partial charge on any atom is -0.324 e. The Hall–Kier alpha value is -1.06. The van der Waals surface area contributed by atoms with Crippen molar-refractivity contribution in [3.8, 4) is 0 Å². The topological polar surface area (TPSA) is 41.1 Å². The van der Waals surface area contributed by atoms with Gasteiger partial charge in [-0.1, -0.05) is 44.9 Å². The fourth-order valence-corrected chi connectivity index (χ4v) is 2.58. The Morgan fingerprint density at radius 3 is 2.14 bits per heavy atom. The van der Waals surface area contributed by atoms with Crippen LogP contribution in [0.15, 0.2) is 12.1 Å². The second-order valence-corrected chi connectivity index (χ2v) is 6.41. The molecule has 0 aliphatic carbocycles. The SMILES string of the molecule is CCCC(NCC(C)C)C(=O)Nc1c(C)cc(C)cc1C.Cl. The van der Waals surface area contributed by atoms with E-state index in [1.807, 2.05) is 13.8 Å². The number of carbonyl (C=O) groups is 1. The molecule has 1 aromatic rings. The van der Waals surface area contributed by atoms with Crippen LogP contribution in [-0.4, -0.2) is 18.5 Å². The number of aryl methyl sites for hydroxylation is 3. The van der Waals surface area contributed by atoms with Crippen molar-refractivity contribution < 1.29 is 4.79 Å². The van der Waals surface area contributed by atoms with Gasteiger partial charge in [0, 0.05) is 5.69 Å². The van der Waals surface area contributed by atoms with Crippen molar-refractivity contribution in [2.24, 2.45) is 5.92 Å². The van der Waals surface area contributed by atoms with E-state index in [2.05, 4.69) is 50.5 Å². The van der Waals surface area contributed by atoms with E-state index in [4.69, 9.17) is 0 Å². The molecule has 3 nitrogen and oxygen atoms in total. The highest BCUT2D eigenvalue weighted by atomic mass is 35.5. The number of amides is 1. The van der Waals surface area contributed by atoms with Crippen LogP contribution in [0.25, 0.3) is 0 Å². The standard InChI is InChI=1S/C18H30N2O.ClH/c1-7-8-16(19-11-12(2)3)18(21)20-17-14(5)9-13(4)10-15(17)6;/h9-10,12,16,19H,7-8,11H2,1-6H3,(H,20,21);1H. The van der Waals surface area contributed by atoms with Gasteiger partial charge < -0.3 is 10.6 Å². The van der Waals surface area contributed by atoms with Crippen molar-refractivity contribution in [3.63, 3.8) is 0 Å². The predicted octanol–water partition coefficient (Wildman–Crippen LogP) is 4.39. The summed E-state index contributed by atoms with van der Waals surface area (Å²) in [6.45, 7) is 13.5. The maximum absolute atomic E-state index is 12.5. The van der Waals surface area contributed by atoms with Crippen molar-refractivity contribution in [1.82, 2.24) is 5.32 Å². The van der Waals surface area contributed by atoms with Crippen LogP contribution in [-0.2, 0) is 4.79 Å². The molecule has 2 N–H and O–H groups in total. The van der Waals surface area contributed by atoms with Crippen molar-refractivity contribution in [2.45, 2.75) is 60.4 Å². The van der Waals surface area contributed by atoms with Gasteiger partial charge in [-0.3, -0.25) is 4.79 Å². The minimum atomic E-state index is -0.113. The van der Waals surface area contributed by atoms with Gasteiger partial charge in [-0.15, -0.1) is 12.4 Å². The molecular weight excluding hydrogens is 296 g/mol. The lowest BCUT2D eigenvalue weighted by atomic mass is 10.0. The zero-order valence-corrected chi connectivity index (χ0v) is 15.6. The fraction of sp³-hybridized carbons (Fsp3) is 0.611. The van der Waals surface area contributed by atoms with Crippen LogP contribution in [0.3, 0.4) is 0 Å². The molecule has 1 unspecified atom stereocenters. The lowest BCUT2D eigenvalue weighted by Crippen LogP contribution is -2.42. The molecule has 1 amide bonds. The molecule has 0 bridgehead atoms. The van der Waals surface area contributed by atoms with Crippen molar-refractivity contribution >= 4 is 24.0 Å². The monoisotopic (exact) mass is 326 g/mol. The summed E-state index contributed by atoms with van der Waals surface area (Å²) in [6, 6.07) is 4.11. The molecule has 0 fully saturated rings. The maximum Gasteiger partial charge on any atom is 0.241 e. The fourth-order valence-electron chi connectivity index (χ4n) is 2.58. The number of hydrogen-bond donors (Lipinski definition) is 2. The van der Waals surface area contributed by atoms with Crippen LogP contribution in [0, 0.1) is 26.7 Å². The van der Waals surface area contributed by atoms with Gasteiger partial charge in [0.05, 0.1) is 6.04 Å². The van der Waals surface area contributed by atoms with Gasteiger partial charge in [0.15, 0.2) is 0 Å². The van der Waals surface area contributed by atoms with E-state index in [1.165, 1.54) is 5.56 Å². The van der Waals surface area contributed by atoms with Crippen LogP contribution in [0.2, 0.25) is 0 Å². The number of nitrogens with one attached hydrogen (secondary N) is 2. The van der Waals surface area contributed by atoms with E-state index in [1.54, 1.807) is 0 Å². The Morgan fingerprint density at radius 2 is 1.68 bits per heavy atom. The number of halogens is 1. The molecule has 0 spiro atoms. The molecule has 126 valence electrons. The second kappa shape index (κ2) is 9.86. The summed E-state index contributed by atoms with van der Waals surface area (Å²) in [5.74, 6) is 0.618. The number of rotatable bonds is 7. The summed E-state index contributed by atoms with van der Waals surface area (Å²) < 4.78 is 0. The largest absolute Gasteiger partial charge is 0.324 e. The average molecular weight is 327 g/mol. The van der Waals surface area contributed by atoms with Gasteiger partial charge in [-0.05, 0) is 50.8 Å². The van der Waals surface area contributed by atoms with Crippen molar-refractivity contribution in [2.75, 3.05) is 11.9 Å². The van der Waals surface area contributed by atoms with Crippen LogP contribution in [0.5, 0.6) is 0 Å². The molecule has 4 heteroatoms. The van der Waals surface area contributed by atoms with Crippen LogP contribution < -0.4 is 10.6 Å². The zero-order chi connectivity index (χ0) is 16.0. The van der Waals surface area contributed by atoms with E-state index in [-0.39, 0.29) is 24.4 Å². The van der Waals surface area contributed by atoms with E-state index >= 15 is 0 Å². The third-order valence-electron chi connectivity index (χ3n) is 3.59.